The second kappa shape index (κ2) is 5.37. The Morgan fingerprint density at radius 1 is 1.35 bits per heavy atom. The standard InChI is InChI=1S/C12H6IN3O/c1-2-8-10(6-16)11(7(4-14)5-15)9(3-13)12(8)17/h2-3,6,16H,1H2/b9-3-,16-6?. The molecule has 0 radical (unpaired) electrons. The summed E-state index contributed by atoms with van der Waals surface area (Å²) < 4.78 is 1.50. The van der Waals surface area contributed by atoms with Crippen LogP contribution in [0.5, 0.6) is 0 Å². The average molecular weight is 335 g/mol. The summed E-state index contributed by atoms with van der Waals surface area (Å²) in [7, 11) is 0. The molecule has 4 nitrogen and oxygen atoms in total. The molecule has 1 aliphatic rings. The van der Waals surface area contributed by atoms with E-state index < -0.39 is 0 Å². The van der Waals surface area contributed by atoms with Crippen LogP contribution in [0.3, 0.4) is 0 Å². The van der Waals surface area contributed by atoms with Crippen LogP contribution in [0.2, 0.25) is 0 Å². The third kappa shape index (κ3) is 1.97. The highest BCUT2D eigenvalue weighted by Gasteiger charge is 2.32. The van der Waals surface area contributed by atoms with Gasteiger partial charge in [0.05, 0.1) is 0 Å². The van der Waals surface area contributed by atoms with Crippen LogP contribution >= 0.6 is 22.6 Å². The number of nitrogens with one attached hydrogen (secondary N) is 1. The third-order valence-corrected chi connectivity index (χ3v) is 2.87. The van der Waals surface area contributed by atoms with Gasteiger partial charge in [0.15, 0.2) is 5.78 Å². The number of allylic oxidation sites excluding steroid dienone is 6. The molecule has 17 heavy (non-hydrogen) atoms. The molecule has 0 bridgehead atoms. The second-order valence-electron chi connectivity index (χ2n) is 3.00. The quantitative estimate of drug-likeness (QED) is 0.364. The van der Waals surface area contributed by atoms with E-state index in [4.69, 9.17) is 15.9 Å². The van der Waals surface area contributed by atoms with Gasteiger partial charge in [-0.25, -0.2) is 0 Å². The third-order valence-electron chi connectivity index (χ3n) is 2.25. The molecule has 0 atom stereocenters. The predicted molar refractivity (Wildman–Crippen MR) is 71.4 cm³/mol. The maximum Gasteiger partial charge on any atom is 0.194 e. The van der Waals surface area contributed by atoms with E-state index >= 15 is 0 Å². The minimum absolute atomic E-state index is 0.170. The van der Waals surface area contributed by atoms with Crippen molar-refractivity contribution >= 4 is 34.6 Å². The highest BCUT2D eigenvalue weighted by molar-refractivity contribution is 14.1. The molecular weight excluding hydrogens is 329 g/mol. The predicted octanol–water partition coefficient (Wildman–Crippen LogP) is 2.36. The van der Waals surface area contributed by atoms with Crippen molar-refractivity contribution in [1.29, 1.82) is 15.9 Å². The molecule has 0 aromatic rings. The fourth-order valence-electron chi connectivity index (χ4n) is 1.52. The maximum atomic E-state index is 11.9. The molecule has 0 saturated carbocycles. The lowest BCUT2D eigenvalue weighted by molar-refractivity contribution is -0.111. The molecule has 1 rings (SSSR count). The van der Waals surface area contributed by atoms with Crippen molar-refractivity contribution in [3.8, 4) is 12.1 Å². The van der Waals surface area contributed by atoms with Crippen molar-refractivity contribution in [2.45, 2.75) is 0 Å². The first-order valence-electron chi connectivity index (χ1n) is 4.43. The Morgan fingerprint density at radius 2 is 1.94 bits per heavy atom. The van der Waals surface area contributed by atoms with Crippen LogP contribution in [-0.2, 0) is 4.79 Å². The summed E-state index contributed by atoms with van der Waals surface area (Å²) in [6.45, 7) is 3.51. The van der Waals surface area contributed by atoms with E-state index in [0.717, 1.165) is 6.21 Å². The van der Waals surface area contributed by atoms with Gasteiger partial charge in [-0.3, -0.25) is 4.79 Å². The Labute approximate surface area is 112 Å². The minimum atomic E-state index is -0.314. The number of rotatable bonds is 2. The number of carbonyl (C=O) groups is 1. The summed E-state index contributed by atoms with van der Waals surface area (Å²) >= 11 is 1.87. The molecule has 5 heteroatoms. The molecule has 0 spiro atoms. The van der Waals surface area contributed by atoms with E-state index in [0.29, 0.717) is 0 Å². The monoisotopic (exact) mass is 335 g/mol. The number of hydrogen-bond acceptors (Lipinski definition) is 4. The number of nitrogens with zero attached hydrogens (tertiary/aromatic N) is 2. The van der Waals surface area contributed by atoms with Gasteiger partial charge in [-0.2, -0.15) is 10.5 Å². The van der Waals surface area contributed by atoms with E-state index in [-0.39, 0.29) is 33.6 Å². The Hall–Kier alpha value is -1.99. The lowest BCUT2D eigenvalue weighted by atomic mass is 10.0. The van der Waals surface area contributed by atoms with Gasteiger partial charge >= 0.3 is 0 Å². The second-order valence-corrected chi connectivity index (χ2v) is 3.62. The zero-order valence-corrected chi connectivity index (χ0v) is 10.8. The van der Waals surface area contributed by atoms with Crippen molar-refractivity contribution in [3.05, 3.63) is 44.6 Å². The Bertz CT molecular complexity index is 578. The molecule has 0 amide bonds. The topological polar surface area (TPSA) is 88.5 Å². The van der Waals surface area contributed by atoms with Crippen molar-refractivity contribution in [3.63, 3.8) is 0 Å². The fourth-order valence-corrected chi connectivity index (χ4v) is 2.12. The molecule has 0 aromatic carbocycles. The first kappa shape index (κ1) is 13.1. The molecule has 0 saturated heterocycles. The van der Waals surface area contributed by atoms with Crippen LogP contribution in [0.4, 0.5) is 0 Å². The van der Waals surface area contributed by atoms with Gasteiger partial charge in [0.1, 0.15) is 17.7 Å². The largest absolute Gasteiger partial charge is 0.308 e. The minimum Gasteiger partial charge on any atom is -0.308 e. The first-order valence-corrected chi connectivity index (χ1v) is 5.68. The van der Waals surface area contributed by atoms with Gasteiger partial charge in [-0.15, -0.1) is 0 Å². The van der Waals surface area contributed by atoms with Crippen LogP contribution in [0.15, 0.2) is 44.6 Å². The molecule has 0 aliphatic heterocycles. The molecule has 0 heterocycles. The number of hydrogen-bond donors (Lipinski definition) is 1. The van der Waals surface area contributed by atoms with Gasteiger partial charge in [0, 0.05) is 28.5 Å². The smallest absolute Gasteiger partial charge is 0.194 e. The number of nitriles is 2. The first-order chi connectivity index (χ1) is 8.15. The van der Waals surface area contributed by atoms with Crippen LogP contribution in [0, 0.1) is 28.1 Å². The van der Waals surface area contributed by atoms with Crippen molar-refractivity contribution < 1.29 is 4.79 Å². The van der Waals surface area contributed by atoms with Gasteiger partial charge in [-0.05, 0) is 4.08 Å². The summed E-state index contributed by atoms with van der Waals surface area (Å²) in [5.41, 5.74) is 0.833. The van der Waals surface area contributed by atoms with Gasteiger partial charge in [0.25, 0.3) is 0 Å². The lowest BCUT2D eigenvalue weighted by Crippen LogP contribution is -1.98. The SMILES string of the molecule is C=CC1=C(C=N)C(=C(C#N)C#N)/C(=C/I)C1=O. The Kier molecular flexibility index (Phi) is 4.13. The van der Waals surface area contributed by atoms with E-state index in [1.807, 2.05) is 22.6 Å². The van der Waals surface area contributed by atoms with Crippen molar-refractivity contribution in [2.75, 3.05) is 0 Å². The van der Waals surface area contributed by atoms with Crippen molar-refractivity contribution in [2.24, 2.45) is 0 Å². The molecule has 0 unspecified atom stereocenters. The fraction of sp³-hybridized carbons (Fsp3) is 0. The lowest BCUT2D eigenvalue weighted by Gasteiger charge is -1.99. The number of Topliss-reactive ketones (excluding diaryl/α,β-unsaturated/α-hetero) is 1. The molecule has 0 aromatic heterocycles. The molecule has 82 valence electrons. The number of carbonyl (C=O) groups excluding carboxylic acids is 1. The zero-order chi connectivity index (χ0) is 13.0. The van der Waals surface area contributed by atoms with Crippen LogP contribution in [-0.4, -0.2) is 12.0 Å². The normalized spacial score (nSPS) is 16.8. The number of ketones is 1. The molecule has 1 N–H and O–H groups in total. The molecular formula is C12H6IN3O. The Morgan fingerprint density at radius 3 is 2.29 bits per heavy atom. The summed E-state index contributed by atoms with van der Waals surface area (Å²) in [4.78, 5) is 11.9. The van der Waals surface area contributed by atoms with Crippen LogP contribution in [0.1, 0.15) is 0 Å². The molecule has 0 fully saturated rings. The molecule has 1 aliphatic carbocycles. The van der Waals surface area contributed by atoms with E-state index in [1.165, 1.54) is 10.2 Å². The maximum absolute atomic E-state index is 11.9. The Balaban J connectivity index is 3.77. The van der Waals surface area contributed by atoms with Gasteiger partial charge in [0.2, 0.25) is 0 Å². The number of halogens is 1. The highest BCUT2D eigenvalue weighted by atomic mass is 127. The zero-order valence-electron chi connectivity index (χ0n) is 8.62. The summed E-state index contributed by atoms with van der Waals surface area (Å²) in [5, 5.41) is 25.0. The van der Waals surface area contributed by atoms with Gasteiger partial charge < -0.3 is 5.41 Å². The van der Waals surface area contributed by atoms with Crippen LogP contribution < -0.4 is 0 Å². The van der Waals surface area contributed by atoms with Gasteiger partial charge in [-0.1, -0.05) is 35.2 Å². The van der Waals surface area contributed by atoms with Crippen molar-refractivity contribution in [1.82, 2.24) is 0 Å². The van der Waals surface area contributed by atoms with E-state index in [2.05, 4.69) is 6.58 Å². The van der Waals surface area contributed by atoms with Crippen LogP contribution in [0.25, 0.3) is 0 Å². The average Bonchev–Trinajstić information content (AvgIpc) is 2.62. The van der Waals surface area contributed by atoms with E-state index in [9.17, 15) is 4.79 Å². The van der Waals surface area contributed by atoms with E-state index in [1.54, 1.807) is 12.1 Å². The highest BCUT2D eigenvalue weighted by Crippen LogP contribution is 2.35. The summed E-state index contributed by atoms with van der Waals surface area (Å²) in [5.74, 6) is -0.314. The summed E-state index contributed by atoms with van der Waals surface area (Å²) in [6.07, 6.45) is 2.30. The summed E-state index contributed by atoms with van der Waals surface area (Å²) in [6, 6.07) is 3.48.